The van der Waals surface area contributed by atoms with E-state index in [2.05, 4.69) is 4.74 Å². The fourth-order valence-corrected chi connectivity index (χ4v) is 1.10. The molecule has 0 bridgehead atoms. The average molecular weight is 207 g/mol. The number of nitrogens with one attached hydrogen (secondary N) is 1. The lowest BCUT2D eigenvalue weighted by molar-refractivity contribution is -0.143. The van der Waals surface area contributed by atoms with Crippen molar-refractivity contribution in [1.82, 2.24) is 0 Å². The van der Waals surface area contributed by atoms with E-state index >= 15 is 0 Å². The van der Waals surface area contributed by atoms with E-state index in [0.717, 1.165) is 0 Å². The quantitative estimate of drug-likeness (QED) is 0.558. The zero-order valence-corrected chi connectivity index (χ0v) is 8.27. The monoisotopic (exact) mass is 207 g/mol. The van der Waals surface area contributed by atoms with E-state index in [4.69, 9.17) is 10.5 Å². The van der Waals surface area contributed by atoms with Gasteiger partial charge in [-0.1, -0.05) is 30.3 Å². The van der Waals surface area contributed by atoms with Gasteiger partial charge in [0.2, 0.25) is 0 Å². The van der Waals surface area contributed by atoms with Gasteiger partial charge >= 0.3 is 5.97 Å². The Morgan fingerprint density at radius 3 is 2.60 bits per heavy atom. The zero-order valence-electron chi connectivity index (χ0n) is 8.27. The molecule has 1 aromatic rings. The molecular weight excluding hydrogens is 194 g/mol. The molecule has 0 saturated carbocycles. The van der Waals surface area contributed by atoms with Crippen molar-refractivity contribution >= 4 is 11.7 Å². The number of aliphatic hydroxyl groups excluding tert-OH is 1. The highest BCUT2D eigenvalue weighted by atomic mass is 16.5. The number of carbonyl (C=O) groups is 1. The number of rotatable bonds is 5. The van der Waals surface area contributed by atoms with Crippen LogP contribution in [0.25, 0.3) is 0 Å². The van der Waals surface area contributed by atoms with Gasteiger partial charge in [0.05, 0.1) is 13.0 Å². The lowest BCUT2D eigenvalue weighted by Gasteiger charge is -2.04. The molecule has 80 valence electrons. The molecule has 4 nitrogen and oxygen atoms in total. The van der Waals surface area contributed by atoms with Gasteiger partial charge in [0.15, 0.2) is 0 Å². The lowest BCUT2D eigenvalue weighted by atomic mass is 10.1. The Kier molecular flexibility index (Phi) is 4.50. The van der Waals surface area contributed by atoms with Crippen LogP contribution in [0.3, 0.4) is 0 Å². The topological polar surface area (TPSA) is 70.4 Å². The smallest absolute Gasteiger partial charge is 0.311 e. The van der Waals surface area contributed by atoms with Crippen LogP contribution >= 0.6 is 0 Å². The fourth-order valence-electron chi connectivity index (χ4n) is 1.10. The molecule has 15 heavy (non-hydrogen) atoms. The van der Waals surface area contributed by atoms with Crippen LogP contribution in [0.1, 0.15) is 12.0 Å². The molecule has 0 atom stereocenters. The fraction of sp³-hybridized carbons (Fsp3) is 0.273. The molecule has 0 aromatic heterocycles. The minimum Gasteiger partial charge on any atom is -0.463 e. The van der Waals surface area contributed by atoms with Crippen LogP contribution in [-0.4, -0.2) is 30.0 Å². The predicted octanol–water partition coefficient (Wildman–Crippen LogP) is 0.980. The number of ether oxygens (including phenoxy) is 1. The predicted molar refractivity (Wildman–Crippen MR) is 55.9 cm³/mol. The molecule has 0 saturated heterocycles. The van der Waals surface area contributed by atoms with Crippen molar-refractivity contribution < 1.29 is 14.6 Å². The molecule has 2 N–H and O–H groups in total. The maximum atomic E-state index is 11.1. The molecule has 0 fully saturated rings. The molecule has 0 aliphatic heterocycles. The highest BCUT2D eigenvalue weighted by Gasteiger charge is 2.08. The molecule has 0 radical (unpaired) electrons. The summed E-state index contributed by atoms with van der Waals surface area (Å²) in [6.07, 6.45) is -0.0655. The molecule has 1 rings (SSSR count). The summed E-state index contributed by atoms with van der Waals surface area (Å²) in [4.78, 5) is 11.1. The first-order valence-electron chi connectivity index (χ1n) is 4.63. The van der Waals surface area contributed by atoms with Crippen molar-refractivity contribution in [3.05, 3.63) is 35.9 Å². The number of hydrogen-bond acceptors (Lipinski definition) is 4. The molecule has 1 aromatic carbocycles. The summed E-state index contributed by atoms with van der Waals surface area (Å²) in [5.74, 6) is -0.488. The largest absolute Gasteiger partial charge is 0.463 e. The van der Waals surface area contributed by atoms with Crippen LogP contribution < -0.4 is 0 Å². The Balaban J connectivity index is 2.46. The standard InChI is InChI=1S/C11H13NO3/c12-10(8-11(14)15-7-6-13)9-4-2-1-3-5-9/h1-5,12-13H,6-8H2. The first-order chi connectivity index (χ1) is 7.24. The van der Waals surface area contributed by atoms with Crippen molar-refractivity contribution in [2.24, 2.45) is 0 Å². The SMILES string of the molecule is N=C(CC(=O)OCCO)c1ccccc1. The Morgan fingerprint density at radius 1 is 1.33 bits per heavy atom. The second kappa shape index (κ2) is 5.93. The van der Waals surface area contributed by atoms with E-state index in [9.17, 15) is 4.79 Å². The van der Waals surface area contributed by atoms with Gasteiger partial charge in [0, 0.05) is 5.71 Å². The second-order valence-corrected chi connectivity index (χ2v) is 2.97. The second-order valence-electron chi connectivity index (χ2n) is 2.97. The third-order valence-electron chi connectivity index (χ3n) is 1.80. The maximum Gasteiger partial charge on any atom is 0.311 e. The Labute approximate surface area is 88.0 Å². The van der Waals surface area contributed by atoms with Crippen LogP contribution in [-0.2, 0) is 9.53 Å². The molecule has 0 aliphatic rings. The van der Waals surface area contributed by atoms with Crippen LogP contribution in [0, 0.1) is 5.41 Å². The number of carbonyl (C=O) groups excluding carboxylic acids is 1. The summed E-state index contributed by atoms with van der Waals surface area (Å²) in [6, 6.07) is 9.00. The minimum atomic E-state index is -0.488. The summed E-state index contributed by atoms with van der Waals surface area (Å²) in [7, 11) is 0. The van der Waals surface area contributed by atoms with Gasteiger partial charge in [-0.3, -0.25) is 4.79 Å². The Hall–Kier alpha value is -1.68. The summed E-state index contributed by atoms with van der Waals surface area (Å²) in [5.41, 5.74) is 0.928. The third kappa shape index (κ3) is 3.91. The lowest BCUT2D eigenvalue weighted by Crippen LogP contribution is -2.13. The first kappa shape index (κ1) is 11.4. The molecule has 0 heterocycles. The van der Waals surface area contributed by atoms with Gasteiger partial charge < -0.3 is 15.3 Å². The summed E-state index contributed by atoms with van der Waals surface area (Å²) >= 11 is 0. The maximum absolute atomic E-state index is 11.1. The third-order valence-corrected chi connectivity index (χ3v) is 1.80. The van der Waals surface area contributed by atoms with Crippen molar-refractivity contribution in [1.29, 1.82) is 5.41 Å². The van der Waals surface area contributed by atoms with Gasteiger partial charge in [0.1, 0.15) is 6.61 Å². The van der Waals surface area contributed by atoms with Crippen LogP contribution in [0.2, 0.25) is 0 Å². The van der Waals surface area contributed by atoms with Crippen molar-refractivity contribution in [2.45, 2.75) is 6.42 Å². The van der Waals surface area contributed by atoms with E-state index in [1.165, 1.54) is 0 Å². The Bertz CT molecular complexity index is 335. The van der Waals surface area contributed by atoms with Gasteiger partial charge in [-0.05, 0) is 5.56 Å². The molecule has 0 unspecified atom stereocenters. The van der Waals surface area contributed by atoms with E-state index in [1.807, 2.05) is 18.2 Å². The minimum absolute atomic E-state index is 0.0130. The van der Waals surface area contributed by atoms with E-state index < -0.39 is 5.97 Å². The average Bonchev–Trinajstić information content (AvgIpc) is 2.27. The zero-order chi connectivity index (χ0) is 11.1. The first-order valence-corrected chi connectivity index (χ1v) is 4.63. The summed E-state index contributed by atoms with van der Waals surface area (Å²) in [5, 5.41) is 16.1. The van der Waals surface area contributed by atoms with Gasteiger partial charge in [0.25, 0.3) is 0 Å². The number of hydrogen-bond donors (Lipinski definition) is 2. The number of aliphatic hydroxyl groups is 1. The Morgan fingerprint density at radius 2 is 2.00 bits per heavy atom. The van der Waals surface area contributed by atoms with E-state index in [0.29, 0.717) is 5.56 Å². The summed E-state index contributed by atoms with van der Waals surface area (Å²) < 4.78 is 4.65. The molecule has 0 amide bonds. The molecular formula is C11H13NO3. The van der Waals surface area contributed by atoms with Crippen molar-refractivity contribution in [3.63, 3.8) is 0 Å². The normalized spacial score (nSPS) is 9.67. The highest BCUT2D eigenvalue weighted by molar-refractivity contribution is 6.07. The van der Waals surface area contributed by atoms with E-state index in [-0.39, 0.29) is 25.3 Å². The van der Waals surface area contributed by atoms with E-state index in [1.54, 1.807) is 12.1 Å². The van der Waals surface area contributed by atoms with Gasteiger partial charge in [-0.15, -0.1) is 0 Å². The molecule has 0 spiro atoms. The highest BCUT2D eigenvalue weighted by Crippen LogP contribution is 2.03. The molecule has 4 heteroatoms. The van der Waals surface area contributed by atoms with Crippen molar-refractivity contribution in [2.75, 3.05) is 13.2 Å². The van der Waals surface area contributed by atoms with Gasteiger partial charge in [-0.2, -0.15) is 0 Å². The summed E-state index contributed by atoms with van der Waals surface area (Å²) in [6.45, 7) is -0.203. The number of esters is 1. The molecule has 0 aliphatic carbocycles. The van der Waals surface area contributed by atoms with Crippen LogP contribution in [0.5, 0.6) is 0 Å². The van der Waals surface area contributed by atoms with Crippen LogP contribution in [0.15, 0.2) is 30.3 Å². The number of benzene rings is 1. The van der Waals surface area contributed by atoms with Gasteiger partial charge in [-0.25, -0.2) is 0 Å². The van der Waals surface area contributed by atoms with Crippen LogP contribution in [0.4, 0.5) is 0 Å². The van der Waals surface area contributed by atoms with Crippen molar-refractivity contribution in [3.8, 4) is 0 Å².